The normalized spacial score (nSPS) is 19.0. The topological polar surface area (TPSA) is 9.72 Å². The first-order valence-electron chi connectivity index (χ1n) is 28.8. The number of fused-ring (bicyclic) bond motifs is 7. The van der Waals surface area contributed by atoms with Crippen LogP contribution in [-0.2, 0) is 27.1 Å². The molecular weight excluding hydrogens is 930 g/mol. The van der Waals surface area contributed by atoms with Crippen molar-refractivity contribution in [1.29, 1.82) is 0 Å². The molecule has 0 aromatic heterocycles. The molecule has 1 aliphatic carbocycles. The Morgan fingerprint density at radius 3 is 1.26 bits per heavy atom. The summed E-state index contributed by atoms with van der Waals surface area (Å²) in [4.78, 5) is 8.25. The third kappa shape index (κ3) is 8.21. The van der Waals surface area contributed by atoms with Gasteiger partial charge in [-0.3, -0.25) is 0 Å². The van der Waals surface area contributed by atoms with E-state index < -0.39 is 0 Å². The quantitative estimate of drug-likeness (QED) is 0.159. The molecule has 0 spiro atoms. The molecule has 3 nitrogen and oxygen atoms in total. The zero-order valence-electron chi connectivity index (χ0n) is 48.6. The molecule has 77 heavy (non-hydrogen) atoms. The first-order valence-corrected chi connectivity index (χ1v) is 28.8. The summed E-state index contributed by atoms with van der Waals surface area (Å²) >= 11 is 0. The van der Waals surface area contributed by atoms with Crippen molar-refractivity contribution in [2.45, 2.75) is 162 Å². The number of para-hydroxylation sites is 1. The lowest BCUT2D eigenvalue weighted by molar-refractivity contribution is 0.261. The molecule has 3 aliphatic heterocycles. The molecule has 4 aliphatic rings. The minimum Gasteiger partial charge on any atom is -0.334 e. The predicted octanol–water partition coefficient (Wildman–Crippen LogP) is 18.4. The fourth-order valence-electron chi connectivity index (χ4n) is 13.9. The van der Waals surface area contributed by atoms with Crippen LogP contribution in [0.4, 0.5) is 45.5 Å². The maximum absolute atomic E-state index is 2.83. The van der Waals surface area contributed by atoms with Gasteiger partial charge in [-0.25, -0.2) is 0 Å². The SMILES string of the molecule is CC(C)(C)c1ccc(N2c3cc(C(C)(C)C)ccc3B3c4ccc(C(C)(C)C)cc4N(c4ccc(C(C)(C)C)cc4-c4ccccc4)c4cc(N5c6ccccc6C6(C)CCCCCC56C)cc2c43)c(-c2ccccc2)c1. The summed E-state index contributed by atoms with van der Waals surface area (Å²) in [6.45, 7) is 33.4. The second kappa shape index (κ2) is 17.9. The van der Waals surface area contributed by atoms with Crippen molar-refractivity contribution < 1.29 is 0 Å². The van der Waals surface area contributed by atoms with Gasteiger partial charge in [-0.2, -0.15) is 0 Å². The van der Waals surface area contributed by atoms with E-state index in [-0.39, 0.29) is 39.3 Å². The van der Waals surface area contributed by atoms with Crippen molar-refractivity contribution in [1.82, 2.24) is 0 Å². The number of hydrogen-bond donors (Lipinski definition) is 0. The second-order valence-electron chi connectivity index (χ2n) is 27.8. The fraction of sp³-hybridized carbons (Fsp3) is 0.342. The van der Waals surface area contributed by atoms with Crippen LogP contribution >= 0.6 is 0 Å². The van der Waals surface area contributed by atoms with Crippen molar-refractivity contribution >= 4 is 68.6 Å². The molecule has 0 bridgehead atoms. The van der Waals surface area contributed by atoms with Gasteiger partial charge in [0.05, 0.1) is 16.9 Å². The van der Waals surface area contributed by atoms with E-state index in [1.165, 1.54) is 138 Å². The van der Waals surface area contributed by atoms with Gasteiger partial charge in [0, 0.05) is 50.7 Å². The number of rotatable bonds is 5. The summed E-state index contributed by atoms with van der Waals surface area (Å²) in [6.07, 6.45) is 6.00. The first kappa shape index (κ1) is 51.0. The molecule has 2 unspecified atom stereocenters. The summed E-state index contributed by atoms with van der Waals surface area (Å²) in [7, 11) is 0. The van der Waals surface area contributed by atoms with Crippen molar-refractivity contribution in [2.24, 2.45) is 0 Å². The molecule has 390 valence electrons. The highest BCUT2D eigenvalue weighted by Crippen LogP contribution is 2.61. The van der Waals surface area contributed by atoms with E-state index in [1.54, 1.807) is 0 Å². The standard InChI is InChI=1S/C73H80BN3/c1-68(2,3)50-34-38-60(55(42-50)48-26-18-15-19-27-48)75-63-44-52(70(7,8)9)32-36-58(63)74-59-37-33-53(71(10,11)12)45-64(59)76(61-39-35-51(69(4,5)6)43-56(61)49-28-20-16-21-29-49)66-47-54(46-65(75)67(66)74)77-62-31-23-22-30-57(62)72(13)40-24-17-25-41-73(72,77)14/h15-16,18-23,26-39,42-47H,17,24-25,40-41H2,1-14H3. The Kier molecular flexibility index (Phi) is 11.8. The smallest absolute Gasteiger partial charge is 0.252 e. The van der Waals surface area contributed by atoms with Crippen molar-refractivity contribution in [2.75, 3.05) is 14.7 Å². The number of hydrogen-bond acceptors (Lipinski definition) is 3. The van der Waals surface area contributed by atoms with Gasteiger partial charge in [0.15, 0.2) is 0 Å². The van der Waals surface area contributed by atoms with Crippen molar-refractivity contribution in [3.05, 3.63) is 198 Å². The lowest BCUT2D eigenvalue weighted by atomic mass is 9.33. The maximum atomic E-state index is 2.83. The van der Waals surface area contributed by atoms with Gasteiger partial charge in [0.25, 0.3) is 6.71 Å². The van der Waals surface area contributed by atoms with Crippen LogP contribution in [0.25, 0.3) is 22.3 Å². The Labute approximate surface area is 462 Å². The number of benzene rings is 8. The molecule has 8 aromatic rings. The van der Waals surface area contributed by atoms with Gasteiger partial charge in [-0.05, 0) is 151 Å². The highest BCUT2D eigenvalue weighted by atomic mass is 15.3. The van der Waals surface area contributed by atoms with Gasteiger partial charge in [-0.15, -0.1) is 0 Å². The first-order chi connectivity index (χ1) is 36.5. The van der Waals surface area contributed by atoms with E-state index >= 15 is 0 Å². The molecule has 3 heterocycles. The molecule has 12 rings (SSSR count). The summed E-state index contributed by atoms with van der Waals surface area (Å²) in [5.41, 5.74) is 25.2. The molecule has 0 amide bonds. The Morgan fingerprint density at radius 2 is 0.792 bits per heavy atom. The predicted molar refractivity (Wildman–Crippen MR) is 334 cm³/mol. The third-order valence-corrected chi connectivity index (χ3v) is 18.7. The summed E-state index contributed by atoms with van der Waals surface area (Å²) in [5, 5.41) is 0. The van der Waals surface area contributed by atoms with Crippen LogP contribution in [0.2, 0.25) is 0 Å². The van der Waals surface area contributed by atoms with Crippen molar-refractivity contribution in [3.63, 3.8) is 0 Å². The summed E-state index contributed by atoms with van der Waals surface area (Å²) in [5.74, 6) is 0. The van der Waals surface area contributed by atoms with Crippen LogP contribution in [0.15, 0.2) is 170 Å². The zero-order valence-corrected chi connectivity index (χ0v) is 48.6. The lowest BCUT2D eigenvalue weighted by Crippen LogP contribution is -2.61. The van der Waals surface area contributed by atoms with Crippen LogP contribution in [0, 0.1) is 0 Å². The maximum Gasteiger partial charge on any atom is 0.252 e. The van der Waals surface area contributed by atoms with Crippen LogP contribution in [0.1, 0.15) is 157 Å². The Bertz CT molecular complexity index is 3410. The van der Waals surface area contributed by atoms with Crippen LogP contribution in [-0.4, -0.2) is 12.3 Å². The Hall–Kier alpha value is -6.78. The van der Waals surface area contributed by atoms with Gasteiger partial charge in [0.1, 0.15) is 0 Å². The van der Waals surface area contributed by atoms with E-state index in [1.807, 2.05) is 0 Å². The molecule has 1 fully saturated rings. The highest BCUT2D eigenvalue weighted by Gasteiger charge is 2.57. The molecule has 0 N–H and O–H groups in total. The molecule has 2 atom stereocenters. The van der Waals surface area contributed by atoms with E-state index in [9.17, 15) is 0 Å². The molecule has 1 saturated carbocycles. The lowest BCUT2D eigenvalue weighted by Gasteiger charge is -2.49. The fourth-order valence-corrected chi connectivity index (χ4v) is 13.9. The Morgan fingerprint density at radius 1 is 0.377 bits per heavy atom. The Balaban J connectivity index is 1.27. The van der Waals surface area contributed by atoms with Gasteiger partial charge < -0.3 is 14.7 Å². The second-order valence-corrected chi connectivity index (χ2v) is 27.8. The zero-order chi connectivity index (χ0) is 54.2. The highest BCUT2D eigenvalue weighted by molar-refractivity contribution is 7.00. The van der Waals surface area contributed by atoms with Gasteiger partial charge in [-0.1, -0.05) is 225 Å². The van der Waals surface area contributed by atoms with Crippen LogP contribution < -0.4 is 31.1 Å². The largest absolute Gasteiger partial charge is 0.334 e. The summed E-state index contributed by atoms with van der Waals surface area (Å²) in [6, 6.07) is 66.7. The minimum absolute atomic E-state index is 0.0376. The van der Waals surface area contributed by atoms with E-state index in [2.05, 4.69) is 281 Å². The molecular formula is C73H80BN3. The minimum atomic E-state index is -0.172. The van der Waals surface area contributed by atoms with E-state index in [0.717, 1.165) is 6.42 Å². The third-order valence-electron chi connectivity index (χ3n) is 18.7. The average Bonchev–Trinajstić information content (AvgIpc) is 3.72. The molecule has 8 aromatic carbocycles. The number of nitrogens with zero attached hydrogens (tertiary/aromatic N) is 3. The average molecular weight is 1010 g/mol. The number of anilines is 8. The molecule has 0 radical (unpaired) electrons. The van der Waals surface area contributed by atoms with Gasteiger partial charge >= 0.3 is 0 Å². The van der Waals surface area contributed by atoms with Crippen molar-refractivity contribution in [3.8, 4) is 22.3 Å². The van der Waals surface area contributed by atoms with Gasteiger partial charge in [0.2, 0.25) is 0 Å². The monoisotopic (exact) mass is 1010 g/mol. The van der Waals surface area contributed by atoms with E-state index in [0.29, 0.717) is 0 Å². The molecule has 0 saturated heterocycles. The van der Waals surface area contributed by atoms with Crippen LogP contribution in [0.3, 0.4) is 0 Å². The molecule has 4 heteroatoms. The summed E-state index contributed by atoms with van der Waals surface area (Å²) < 4.78 is 0. The van der Waals surface area contributed by atoms with E-state index in [4.69, 9.17) is 0 Å². The van der Waals surface area contributed by atoms with Crippen LogP contribution in [0.5, 0.6) is 0 Å².